The van der Waals surface area contributed by atoms with E-state index in [1.807, 2.05) is 0 Å². The highest BCUT2D eigenvalue weighted by molar-refractivity contribution is 4.91. The van der Waals surface area contributed by atoms with E-state index in [9.17, 15) is 0 Å². The maximum Gasteiger partial charge on any atom is 0.0718 e. The minimum absolute atomic E-state index is 0.553. The standard InChI is InChI=1S/C9H18N2O/c1-10(2)3-4-11-6-9-5-8(11)7-12-9/h8-9H,3-7H2,1-2H3. The van der Waals surface area contributed by atoms with Crippen LogP contribution in [0.1, 0.15) is 6.42 Å². The van der Waals surface area contributed by atoms with E-state index in [-0.39, 0.29) is 0 Å². The molecule has 2 unspecified atom stereocenters. The van der Waals surface area contributed by atoms with Crippen molar-refractivity contribution >= 4 is 0 Å². The molecular formula is C9H18N2O. The van der Waals surface area contributed by atoms with Crippen LogP contribution in [0.2, 0.25) is 0 Å². The molecule has 70 valence electrons. The number of likely N-dealkylation sites (N-methyl/N-ethyl adjacent to an activating group) is 1. The minimum Gasteiger partial charge on any atom is -0.375 e. The van der Waals surface area contributed by atoms with Crippen molar-refractivity contribution in [3.8, 4) is 0 Å². The molecule has 3 heteroatoms. The Morgan fingerprint density at radius 1 is 1.50 bits per heavy atom. The van der Waals surface area contributed by atoms with Gasteiger partial charge in [-0.3, -0.25) is 4.90 Å². The van der Waals surface area contributed by atoms with Crippen molar-refractivity contribution in [3.63, 3.8) is 0 Å². The molecule has 0 N–H and O–H groups in total. The summed E-state index contributed by atoms with van der Waals surface area (Å²) in [5, 5.41) is 0. The van der Waals surface area contributed by atoms with E-state index < -0.39 is 0 Å². The lowest BCUT2D eigenvalue weighted by molar-refractivity contribution is 0.0285. The van der Waals surface area contributed by atoms with Crippen LogP contribution in [0.25, 0.3) is 0 Å². The van der Waals surface area contributed by atoms with E-state index in [0.717, 1.165) is 12.6 Å². The zero-order chi connectivity index (χ0) is 8.55. The summed E-state index contributed by atoms with van der Waals surface area (Å²) in [5.74, 6) is 0. The van der Waals surface area contributed by atoms with Crippen molar-refractivity contribution in [2.45, 2.75) is 18.6 Å². The maximum absolute atomic E-state index is 5.53. The van der Waals surface area contributed by atoms with E-state index in [4.69, 9.17) is 4.74 Å². The van der Waals surface area contributed by atoms with E-state index in [0.29, 0.717) is 6.10 Å². The van der Waals surface area contributed by atoms with Gasteiger partial charge < -0.3 is 9.64 Å². The Labute approximate surface area is 74.3 Å². The maximum atomic E-state index is 5.53. The van der Waals surface area contributed by atoms with E-state index in [1.165, 1.54) is 26.1 Å². The first-order valence-electron chi connectivity index (χ1n) is 4.76. The van der Waals surface area contributed by atoms with Crippen molar-refractivity contribution in [2.24, 2.45) is 0 Å². The van der Waals surface area contributed by atoms with Crippen LogP contribution in [0, 0.1) is 0 Å². The summed E-state index contributed by atoms with van der Waals surface area (Å²) in [4.78, 5) is 4.81. The second kappa shape index (κ2) is 3.32. The molecule has 2 fully saturated rings. The van der Waals surface area contributed by atoms with Crippen LogP contribution in [0.3, 0.4) is 0 Å². The van der Waals surface area contributed by atoms with Crippen LogP contribution in [-0.4, -0.2) is 62.3 Å². The monoisotopic (exact) mass is 170 g/mol. The zero-order valence-corrected chi connectivity index (χ0v) is 7.99. The molecule has 2 aliphatic heterocycles. The van der Waals surface area contributed by atoms with E-state index >= 15 is 0 Å². The molecule has 2 heterocycles. The fourth-order valence-corrected chi connectivity index (χ4v) is 2.08. The molecule has 2 atom stereocenters. The number of rotatable bonds is 3. The molecular weight excluding hydrogens is 152 g/mol. The number of nitrogens with zero attached hydrogens (tertiary/aromatic N) is 2. The van der Waals surface area contributed by atoms with Crippen molar-refractivity contribution < 1.29 is 4.74 Å². The molecule has 2 aliphatic rings. The van der Waals surface area contributed by atoms with Gasteiger partial charge in [0.15, 0.2) is 0 Å². The van der Waals surface area contributed by atoms with Gasteiger partial charge >= 0.3 is 0 Å². The van der Waals surface area contributed by atoms with Gasteiger partial charge in [0.25, 0.3) is 0 Å². The van der Waals surface area contributed by atoms with Crippen LogP contribution in [0.4, 0.5) is 0 Å². The van der Waals surface area contributed by atoms with Crippen molar-refractivity contribution in [3.05, 3.63) is 0 Å². The number of hydrogen-bond donors (Lipinski definition) is 0. The third-order valence-corrected chi connectivity index (χ3v) is 2.85. The van der Waals surface area contributed by atoms with Crippen LogP contribution >= 0.6 is 0 Å². The number of morpholine rings is 1. The number of fused-ring (bicyclic) bond motifs is 2. The average Bonchev–Trinajstić information content (AvgIpc) is 2.60. The van der Waals surface area contributed by atoms with Gasteiger partial charge in [-0.05, 0) is 20.5 Å². The Hall–Kier alpha value is -0.120. The molecule has 0 radical (unpaired) electrons. The Morgan fingerprint density at radius 2 is 2.33 bits per heavy atom. The summed E-state index contributed by atoms with van der Waals surface area (Å²) in [5.41, 5.74) is 0. The third-order valence-electron chi connectivity index (χ3n) is 2.85. The molecule has 2 saturated heterocycles. The summed E-state index contributed by atoms with van der Waals surface area (Å²) in [6, 6.07) is 0.731. The Bertz CT molecular complexity index is 161. The van der Waals surface area contributed by atoms with Gasteiger partial charge in [0, 0.05) is 25.7 Å². The quantitative estimate of drug-likeness (QED) is 0.594. The van der Waals surface area contributed by atoms with Gasteiger partial charge in [0.2, 0.25) is 0 Å². The van der Waals surface area contributed by atoms with Gasteiger partial charge in [0.05, 0.1) is 12.7 Å². The molecule has 0 aromatic carbocycles. The summed E-state index contributed by atoms with van der Waals surface area (Å²) in [6.07, 6.45) is 1.82. The molecule has 12 heavy (non-hydrogen) atoms. The number of hydrogen-bond acceptors (Lipinski definition) is 3. The predicted octanol–water partition coefficient (Wildman–Crippen LogP) is 0.0211. The molecule has 0 aromatic rings. The highest BCUT2D eigenvalue weighted by Crippen LogP contribution is 2.26. The smallest absolute Gasteiger partial charge is 0.0718 e. The lowest BCUT2D eigenvalue weighted by atomic mass is 10.2. The summed E-state index contributed by atoms with van der Waals surface area (Å²) < 4.78 is 5.53. The molecule has 2 rings (SSSR count). The minimum atomic E-state index is 0.553. The van der Waals surface area contributed by atoms with Gasteiger partial charge in [0.1, 0.15) is 0 Å². The SMILES string of the molecule is CN(C)CCN1CC2CC1CO2. The highest BCUT2D eigenvalue weighted by atomic mass is 16.5. The Kier molecular flexibility index (Phi) is 2.35. The average molecular weight is 170 g/mol. The normalized spacial score (nSPS) is 35.2. The first kappa shape index (κ1) is 8.48. The Morgan fingerprint density at radius 3 is 2.83 bits per heavy atom. The molecule has 0 aromatic heterocycles. The van der Waals surface area contributed by atoms with Crippen molar-refractivity contribution in [1.82, 2.24) is 9.80 Å². The van der Waals surface area contributed by atoms with Crippen LogP contribution < -0.4 is 0 Å². The van der Waals surface area contributed by atoms with Gasteiger partial charge in [-0.1, -0.05) is 0 Å². The predicted molar refractivity (Wildman–Crippen MR) is 48.3 cm³/mol. The van der Waals surface area contributed by atoms with Crippen molar-refractivity contribution in [2.75, 3.05) is 40.3 Å². The van der Waals surface area contributed by atoms with E-state index in [2.05, 4.69) is 23.9 Å². The van der Waals surface area contributed by atoms with Crippen LogP contribution in [0.5, 0.6) is 0 Å². The topological polar surface area (TPSA) is 15.7 Å². The molecule has 0 amide bonds. The summed E-state index contributed by atoms with van der Waals surface area (Å²) >= 11 is 0. The second-order valence-electron chi connectivity index (χ2n) is 4.14. The van der Waals surface area contributed by atoms with Crippen LogP contribution in [-0.2, 0) is 4.74 Å². The fourth-order valence-electron chi connectivity index (χ4n) is 2.08. The first-order valence-corrected chi connectivity index (χ1v) is 4.76. The number of likely N-dealkylation sites (tertiary alicyclic amines) is 1. The fraction of sp³-hybridized carbons (Fsp3) is 1.00. The largest absolute Gasteiger partial charge is 0.375 e. The molecule has 3 nitrogen and oxygen atoms in total. The molecule has 0 saturated carbocycles. The summed E-state index contributed by atoms with van der Waals surface area (Å²) in [7, 11) is 4.26. The van der Waals surface area contributed by atoms with Crippen molar-refractivity contribution in [1.29, 1.82) is 0 Å². The molecule has 2 bridgehead atoms. The second-order valence-corrected chi connectivity index (χ2v) is 4.14. The van der Waals surface area contributed by atoms with Gasteiger partial charge in [-0.25, -0.2) is 0 Å². The first-order chi connectivity index (χ1) is 5.75. The zero-order valence-electron chi connectivity index (χ0n) is 7.99. The lowest BCUT2D eigenvalue weighted by Crippen LogP contribution is -2.40. The highest BCUT2D eigenvalue weighted by Gasteiger charge is 2.38. The number of ether oxygens (including phenoxy) is 1. The van der Waals surface area contributed by atoms with E-state index in [1.54, 1.807) is 0 Å². The molecule has 0 spiro atoms. The van der Waals surface area contributed by atoms with Gasteiger partial charge in [-0.15, -0.1) is 0 Å². The third kappa shape index (κ3) is 1.63. The summed E-state index contributed by atoms with van der Waals surface area (Å²) in [6.45, 7) is 4.51. The Balaban J connectivity index is 1.76. The van der Waals surface area contributed by atoms with Crippen LogP contribution in [0.15, 0.2) is 0 Å². The van der Waals surface area contributed by atoms with Gasteiger partial charge in [-0.2, -0.15) is 0 Å². The molecule has 0 aliphatic carbocycles. The lowest BCUT2D eigenvalue weighted by Gasteiger charge is -2.27.